The van der Waals surface area contributed by atoms with Crippen molar-refractivity contribution in [2.45, 2.75) is 25.8 Å². The summed E-state index contributed by atoms with van der Waals surface area (Å²) in [6.07, 6.45) is 0.758. The summed E-state index contributed by atoms with van der Waals surface area (Å²) in [6, 6.07) is 4.57. The Morgan fingerprint density at radius 1 is 1.37 bits per heavy atom. The van der Waals surface area contributed by atoms with E-state index in [9.17, 15) is 9.59 Å². The van der Waals surface area contributed by atoms with E-state index in [0.29, 0.717) is 28.5 Å². The Bertz CT molecular complexity index is 541. The van der Waals surface area contributed by atoms with E-state index < -0.39 is 23.3 Å². The molecule has 1 aliphatic rings. The van der Waals surface area contributed by atoms with Gasteiger partial charge in [-0.05, 0) is 43.5 Å². The van der Waals surface area contributed by atoms with Crippen LogP contribution >= 0.6 is 23.2 Å². The number of carbonyl (C=O) groups is 2. The zero-order valence-electron chi connectivity index (χ0n) is 10.2. The summed E-state index contributed by atoms with van der Waals surface area (Å²) < 4.78 is 0. The lowest BCUT2D eigenvalue weighted by atomic mass is 10.0. The second-order valence-electron chi connectivity index (χ2n) is 4.75. The topological polar surface area (TPSA) is 66.4 Å². The molecule has 0 spiro atoms. The van der Waals surface area contributed by atoms with Gasteiger partial charge in [-0.15, -0.1) is 0 Å². The van der Waals surface area contributed by atoms with Gasteiger partial charge in [-0.1, -0.05) is 23.2 Å². The van der Waals surface area contributed by atoms with Crippen LogP contribution in [0.5, 0.6) is 0 Å². The summed E-state index contributed by atoms with van der Waals surface area (Å²) in [5.41, 5.74) is -0.581. The summed E-state index contributed by atoms with van der Waals surface area (Å²) in [6.45, 7) is 1.74. The third-order valence-electron chi connectivity index (χ3n) is 3.37. The Kier molecular flexibility index (Phi) is 3.74. The van der Waals surface area contributed by atoms with Gasteiger partial charge < -0.3 is 10.4 Å². The van der Waals surface area contributed by atoms with Crippen LogP contribution in [0.2, 0.25) is 10.0 Å². The molecule has 2 rings (SSSR count). The van der Waals surface area contributed by atoms with Gasteiger partial charge >= 0.3 is 5.97 Å². The van der Waals surface area contributed by atoms with Crippen LogP contribution in [-0.2, 0) is 9.59 Å². The van der Waals surface area contributed by atoms with Crippen molar-refractivity contribution in [3.05, 3.63) is 33.8 Å². The first-order valence-electron chi connectivity index (χ1n) is 5.86. The van der Waals surface area contributed by atoms with Crippen molar-refractivity contribution in [2.24, 2.45) is 5.41 Å². The van der Waals surface area contributed by atoms with E-state index in [2.05, 4.69) is 5.32 Å². The third kappa shape index (κ3) is 2.69. The number of nitrogens with one attached hydrogen (secondary N) is 1. The SMILES string of the molecule is CC(NC(=O)C1(C(=O)O)CC1)c1cc(Cl)ccc1Cl. The molecular formula is C13H13Cl2NO3. The second-order valence-corrected chi connectivity index (χ2v) is 5.59. The fraction of sp³-hybridized carbons (Fsp3) is 0.385. The lowest BCUT2D eigenvalue weighted by molar-refractivity contribution is -0.149. The van der Waals surface area contributed by atoms with Crippen molar-refractivity contribution in [3.8, 4) is 0 Å². The van der Waals surface area contributed by atoms with Gasteiger partial charge in [-0.25, -0.2) is 0 Å². The fourth-order valence-corrected chi connectivity index (χ4v) is 2.38. The molecule has 4 nitrogen and oxygen atoms in total. The lowest BCUT2D eigenvalue weighted by Gasteiger charge is -2.18. The van der Waals surface area contributed by atoms with E-state index >= 15 is 0 Å². The highest BCUT2D eigenvalue weighted by Gasteiger charge is 2.57. The maximum absolute atomic E-state index is 12.0. The zero-order chi connectivity index (χ0) is 14.2. The Hall–Kier alpha value is -1.26. The molecule has 0 radical (unpaired) electrons. The molecule has 0 saturated heterocycles. The van der Waals surface area contributed by atoms with E-state index in [1.807, 2.05) is 0 Å². The van der Waals surface area contributed by atoms with Gasteiger partial charge in [0.05, 0.1) is 6.04 Å². The molecule has 0 heterocycles. The van der Waals surface area contributed by atoms with Crippen LogP contribution in [-0.4, -0.2) is 17.0 Å². The number of aliphatic carboxylic acids is 1. The van der Waals surface area contributed by atoms with Crippen molar-refractivity contribution in [2.75, 3.05) is 0 Å². The highest BCUT2D eigenvalue weighted by Crippen LogP contribution is 2.46. The van der Waals surface area contributed by atoms with Crippen molar-refractivity contribution in [1.82, 2.24) is 5.32 Å². The summed E-state index contributed by atoms with van der Waals surface area (Å²) in [5, 5.41) is 12.7. The zero-order valence-corrected chi connectivity index (χ0v) is 11.8. The average Bonchev–Trinajstić information content (AvgIpc) is 3.13. The van der Waals surface area contributed by atoms with Crippen LogP contribution in [0.25, 0.3) is 0 Å². The first-order valence-corrected chi connectivity index (χ1v) is 6.62. The van der Waals surface area contributed by atoms with Crippen molar-refractivity contribution in [1.29, 1.82) is 0 Å². The predicted octanol–water partition coefficient (Wildman–Crippen LogP) is 3.04. The van der Waals surface area contributed by atoms with E-state index in [0.717, 1.165) is 0 Å². The summed E-state index contributed by atoms with van der Waals surface area (Å²) >= 11 is 11.9. The molecule has 1 unspecified atom stereocenters. The van der Waals surface area contributed by atoms with Gasteiger partial charge in [0.1, 0.15) is 5.41 Å². The number of carbonyl (C=O) groups excluding carboxylic acids is 1. The number of benzene rings is 1. The molecule has 1 aromatic rings. The molecule has 1 fully saturated rings. The molecule has 1 aromatic carbocycles. The smallest absolute Gasteiger partial charge is 0.319 e. The van der Waals surface area contributed by atoms with E-state index in [4.69, 9.17) is 28.3 Å². The van der Waals surface area contributed by atoms with Crippen molar-refractivity contribution >= 4 is 35.1 Å². The third-order valence-corrected chi connectivity index (χ3v) is 3.95. The molecule has 1 saturated carbocycles. The molecule has 1 aliphatic carbocycles. The van der Waals surface area contributed by atoms with Gasteiger partial charge in [-0.3, -0.25) is 9.59 Å². The second kappa shape index (κ2) is 5.02. The van der Waals surface area contributed by atoms with E-state index in [1.54, 1.807) is 25.1 Å². The Balaban J connectivity index is 2.13. The number of hydrogen-bond donors (Lipinski definition) is 2. The first-order chi connectivity index (χ1) is 8.86. The predicted molar refractivity (Wildman–Crippen MR) is 72.3 cm³/mol. The molecule has 2 N–H and O–H groups in total. The number of halogens is 2. The summed E-state index contributed by atoms with van der Waals surface area (Å²) in [4.78, 5) is 23.0. The van der Waals surface area contributed by atoms with Crippen molar-refractivity contribution in [3.63, 3.8) is 0 Å². The average molecular weight is 302 g/mol. The molecule has 0 bridgehead atoms. The largest absolute Gasteiger partial charge is 0.480 e. The number of amides is 1. The highest BCUT2D eigenvalue weighted by atomic mass is 35.5. The number of carboxylic acids is 1. The first kappa shape index (κ1) is 14.2. The number of hydrogen-bond acceptors (Lipinski definition) is 2. The Labute approximate surface area is 120 Å². The number of carboxylic acid groups (broad SMARTS) is 1. The van der Waals surface area contributed by atoms with Gasteiger partial charge in [0.25, 0.3) is 0 Å². The molecule has 1 amide bonds. The normalized spacial score (nSPS) is 17.6. The Morgan fingerprint density at radius 2 is 2.00 bits per heavy atom. The minimum absolute atomic E-state index is 0.379. The summed E-state index contributed by atoms with van der Waals surface area (Å²) in [5.74, 6) is -1.54. The van der Waals surface area contributed by atoms with E-state index in [1.165, 1.54) is 0 Å². The highest BCUT2D eigenvalue weighted by molar-refractivity contribution is 6.33. The molecule has 6 heteroatoms. The van der Waals surface area contributed by atoms with Crippen LogP contribution in [0.4, 0.5) is 0 Å². The standard InChI is InChI=1S/C13H13Cl2NO3/c1-7(9-6-8(14)2-3-10(9)15)16-11(17)13(4-5-13)12(18)19/h2-3,6-7H,4-5H2,1H3,(H,16,17)(H,18,19). The maximum atomic E-state index is 12.0. The van der Waals surface area contributed by atoms with Crippen LogP contribution in [0.15, 0.2) is 18.2 Å². The van der Waals surface area contributed by atoms with Crippen LogP contribution in [0.1, 0.15) is 31.4 Å². The summed E-state index contributed by atoms with van der Waals surface area (Å²) in [7, 11) is 0. The lowest BCUT2D eigenvalue weighted by Crippen LogP contribution is -2.38. The molecule has 0 aliphatic heterocycles. The number of rotatable bonds is 4. The van der Waals surface area contributed by atoms with E-state index in [-0.39, 0.29) is 0 Å². The van der Waals surface area contributed by atoms with Gasteiger partial charge in [-0.2, -0.15) is 0 Å². The maximum Gasteiger partial charge on any atom is 0.319 e. The van der Waals surface area contributed by atoms with Crippen LogP contribution < -0.4 is 5.32 Å². The molecule has 102 valence electrons. The quantitative estimate of drug-likeness (QED) is 0.840. The van der Waals surface area contributed by atoms with Gasteiger partial charge in [0.15, 0.2) is 0 Å². The monoisotopic (exact) mass is 301 g/mol. The molecule has 19 heavy (non-hydrogen) atoms. The minimum Gasteiger partial charge on any atom is -0.480 e. The molecule has 0 aromatic heterocycles. The Morgan fingerprint density at radius 3 is 2.53 bits per heavy atom. The fourth-order valence-electron chi connectivity index (χ4n) is 1.92. The van der Waals surface area contributed by atoms with Gasteiger partial charge in [0, 0.05) is 10.0 Å². The van der Waals surface area contributed by atoms with Gasteiger partial charge in [0.2, 0.25) is 5.91 Å². The molecule has 1 atom stereocenters. The minimum atomic E-state index is -1.25. The van der Waals surface area contributed by atoms with Crippen LogP contribution in [0.3, 0.4) is 0 Å². The van der Waals surface area contributed by atoms with Crippen molar-refractivity contribution < 1.29 is 14.7 Å². The molecular weight excluding hydrogens is 289 g/mol. The van der Waals surface area contributed by atoms with Crippen LogP contribution in [0, 0.1) is 5.41 Å².